The largest absolute Gasteiger partial charge is 0.867 e. The van der Waals surface area contributed by atoms with Crippen LogP contribution in [0.4, 0.5) is 4.32 Å². The summed E-state index contributed by atoms with van der Waals surface area (Å²) in [5.74, 6) is 3.41. The Hall–Kier alpha value is -5.75. The van der Waals surface area contributed by atoms with Crippen LogP contribution >= 0.6 is 47.0 Å². The van der Waals surface area contributed by atoms with Gasteiger partial charge < -0.3 is 42.1 Å². The third-order valence-corrected chi connectivity index (χ3v) is 13.7. The molecule has 10 nitrogen and oxygen atoms in total. The SMILES string of the molecule is CC/C(=C\Sc1cc(S/C=C(\CC)c2ccc(OC)cc2)oc(=[NH2+])c1)c1ccc(OC)cc1.CC/C(=C\Sc1cc(S/C=C(\CC)c2ccc(OC)cc2)oc(=[NH2+])c1)c1ccc(OC)cc1.[O-]B([O-])F. The maximum Gasteiger partial charge on any atom is 0.366 e. The minimum absolute atomic E-state index is 0.397. The molecule has 70 heavy (non-hydrogen) atoms. The molecule has 0 fully saturated rings. The van der Waals surface area contributed by atoms with Crippen molar-refractivity contribution in [3.05, 3.63) is 176 Å². The van der Waals surface area contributed by atoms with Crippen molar-refractivity contribution in [1.82, 2.24) is 0 Å². The monoisotopic (exact) mass is 1020 g/mol. The summed E-state index contributed by atoms with van der Waals surface area (Å²) in [4.78, 5) is 2.08. The second-order valence-electron chi connectivity index (χ2n) is 14.7. The zero-order valence-corrected chi connectivity index (χ0v) is 44.0. The average Bonchev–Trinajstić information content (AvgIpc) is 3.37. The normalized spacial score (nSPS) is 11.7. The van der Waals surface area contributed by atoms with E-state index in [1.807, 2.05) is 72.8 Å². The van der Waals surface area contributed by atoms with E-state index in [0.29, 0.717) is 11.1 Å². The molecule has 0 saturated carbocycles. The minimum atomic E-state index is -3.17. The first-order chi connectivity index (χ1) is 33.8. The highest BCUT2D eigenvalue weighted by Gasteiger charge is 2.09. The van der Waals surface area contributed by atoms with Crippen molar-refractivity contribution in [2.75, 3.05) is 28.4 Å². The van der Waals surface area contributed by atoms with Crippen molar-refractivity contribution in [3.63, 3.8) is 0 Å². The van der Waals surface area contributed by atoms with E-state index in [-0.39, 0.29) is 0 Å². The number of hydrogen-bond donors (Lipinski definition) is 2. The van der Waals surface area contributed by atoms with E-state index in [4.69, 9.17) is 48.6 Å². The molecule has 2 heterocycles. The van der Waals surface area contributed by atoms with Crippen LogP contribution in [0.3, 0.4) is 0 Å². The van der Waals surface area contributed by atoms with Gasteiger partial charge in [0.2, 0.25) is 0 Å². The summed E-state index contributed by atoms with van der Waals surface area (Å²) in [6.45, 7) is 8.60. The number of ether oxygens (including phenoxy) is 4. The molecule has 368 valence electrons. The Labute approximate surface area is 428 Å². The van der Waals surface area contributed by atoms with Crippen LogP contribution in [0.25, 0.3) is 22.3 Å². The van der Waals surface area contributed by atoms with E-state index in [1.54, 1.807) is 52.0 Å². The van der Waals surface area contributed by atoms with E-state index in [9.17, 15) is 4.32 Å². The molecule has 0 bridgehead atoms. The molecule has 0 radical (unpaired) electrons. The zero-order chi connectivity index (χ0) is 50.8. The summed E-state index contributed by atoms with van der Waals surface area (Å²) in [5, 5.41) is 38.8. The van der Waals surface area contributed by atoms with Gasteiger partial charge in [-0.2, -0.15) is 0 Å². The number of halogens is 1. The van der Waals surface area contributed by atoms with Gasteiger partial charge in [-0.15, -0.1) is 0 Å². The molecule has 0 saturated heterocycles. The molecule has 0 spiro atoms. The quantitative estimate of drug-likeness (QED) is 0.0552. The van der Waals surface area contributed by atoms with Gasteiger partial charge >= 0.3 is 11.1 Å². The fourth-order valence-electron chi connectivity index (χ4n) is 6.38. The molecule has 2 aromatic heterocycles. The van der Waals surface area contributed by atoms with Gasteiger partial charge in [0.1, 0.15) is 30.4 Å². The van der Waals surface area contributed by atoms with Crippen LogP contribution in [0.1, 0.15) is 75.6 Å². The molecule has 0 aliphatic carbocycles. The van der Waals surface area contributed by atoms with Gasteiger partial charge in [-0.25, -0.2) is 10.8 Å². The van der Waals surface area contributed by atoms with Gasteiger partial charge in [-0.3, -0.25) is 0 Å². The first kappa shape index (κ1) is 56.8. The van der Waals surface area contributed by atoms with Gasteiger partial charge in [-0.05, 0) is 140 Å². The summed E-state index contributed by atoms with van der Waals surface area (Å²) in [6, 6.07) is 40.2. The van der Waals surface area contributed by atoms with Crippen molar-refractivity contribution in [2.24, 2.45) is 0 Å². The standard InChI is InChI=1S/2C27H29NO3S2.BFO2/c2*1-5-19(21-7-11-23(29-3)12-8-21)17-32-25-15-26(28)31-27(16-25)33-18-20(6-2)22-9-13-24(30-4)14-10-22;2-1(3)4/h2*7-18,28H,5-6H2,1-4H3;/q;;-2/p+2/b2*19-17+,20-18+,28-26?;. The molecule has 6 aromatic rings. The van der Waals surface area contributed by atoms with Crippen molar-refractivity contribution < 1.29 is 53.0 Å². The number of methoxy groups -OCH3 is 4. The van der Waals surface area contributed by atoms with Crippen molar-refractivity contribution in [2.45, 2.75) is 73.4 Å². The molecule has 0 atom stereocenters. The maximum absolute atomic E-state index is 9.89. The van der Waals surface area contributed by atoms with Crippen LogP contribution in [0, 0.1) is 0 Å². The molecule has 0 aliphatic rings. The fourth-order valence-corrected chi connectivity index (χ4v) is 10.2. The van der Waals surface area contributed by atoms with Crippen LogP contribution < -0.4 is 50.9 Å². The number of hydrogen-bond acceptors (Lipinski definition) is 12. The second kappa shape index (κ2) is 30.8. The predicted octanol–water partition coefficient (Wildman–Crippen LogP) is 9.75. The number of nitrogens with two attached hydrogens (primary N) is 2. The molecule has 0 amide bonds. The first-order valence-corrected chi connectivity index (χ1v) is 25.8. The van der Waals surface area contributed by atoms with Crippen LogP contribution in [0.5, 0.6) is 23.0 Å². The molecular formula is C54H60BFN2O8S4. The van der Waals surface area contributed by atoms with Crippen LogP contribution in [-0.2, 0) is 0 Å². The summed E-state index contributed by atoms with van der Waals surface area (Å²) in [7, 11) is 3.54. The molecule has 4 aromatic carbocycles. The van der Waals surface area contributed by atoms with Gasteiger partial charge in [0.05, 0.1) is 40.6 Å². The van der Waals surface area contributed by atoms with E-state index in [2.05, 4.69) is 97.9 Å². The number of rotatable bonds is 20. The third kappa shape index (κ3) is 19.2. The summed E-state index contributed by atoms with van der Waals surface area (Å²) in [5.41, 5.74) is 10.5. The Morgan fingerprint density at radius 2 is 0.686 bits per heavy atom. The molecule has 0 unspecified atom stereocenters. The van der Waals surface area contributed by atoms with Crippen molar-refractivity contribution >= 4 is 76.7 Å². The zero-order valence-electron chi connectivity index (χ0n) is 40.7. The predicted molar refractivity (Wildman–Crippen MR) is 283 cm³/mol. The lowest BCUT2D eigenvalue weighted by molar-refractivity contribution is -0.366. The first-order valence-electron chi connectivity index (χ1n) is 22.3. The topological polar surface area (TPSA) is 160 Å². The van der Waals surface area contributed by atoms with Crippen LogP contribution in [0.2, 0.25) is 0 Å². The van der Waals surface area contributed by atoms with Crippen molar-refractivity contribution in [3.8, 4) is 23.0 Å². The summed E-state index contributed by atoms with van der Waals surface area (Å²) in [6.07, 6.45) is 3.68. The highest BCUT2D eigenvalue weighted by molar-refractivity contribution is 8.03. The lowest BCUT2D eigenvalue weighted by Crippen LogP contribution is -2.44. The number of benzene rings is 4. The minimum Gasteiger partial charge on any atom is -0.867 e. The number of thioether (sulfide) groups is 4. The Bertz CT molecular complexity index is 2410. The fraction of sp³-hybridized carbons (Fsp3) is 0.222. The van der Waals surface area contributed by atoms with E-state index in [0.717, 1.165) is 68.7 Å². The van der Waals surface area contributed by atoms with E-state index in [1.165, 1.54) is 68.1 Å². The third-order valence-electron chi connectivity index (χ3n) is 10.2. The van der Waals surface area contributed by atoms with Crippen LogP contribution in [-0.4, -0.2) is 35.8 Å². The average molecular weight is 1020 g/mol. The highest BCUT2D eigenvalue weighted by Crippen LogP contribution is 2.34. The Morgan fingerprint density at radius 3 is 0.900 bits per heavy atom. The van der Waals surface area contributed by atoms with Gasteiger partial charge in [0, 0.05) is 21.9 Å². The lowest BCUT2D eigenvalue weighted by Gasteiger charge is -2.09. The summed E-state index contributed by atoms with van der Waals surface area (Å²) < 4.78 is 42.4. The Morgan fingerprint density at radius 1 is 0.457 bits per heavy atom. The molecule has 4 N–H and O–H groups in total. The number of allylic oxidation sites excluding steroid dienone is 4. The summed E-state index contributed by atoms with van der Waals surface area (Å²) >= 11 is 6.37. The Kier molecular flexibility index (Phi) is 25.0. The van der Waals surface area contributed by atoms with Gasteiger partial charge in [-0.1, -0.05) is 123 Å². The molecular weight excluding hydrogens is 963 g/mol. The molecule has 0 aliphatic heterocycles. The molecule has 6 rings (SSSR count). The van der Waals surface area contributed by atoms with Crippen molar-refractivity contribution in [1.29, 1.82) is 0 Å². The highest BCUT2D eigenvalue weighted by atomic mass is 32.2. The second-order valence-corrected chi connectivity index (χ2v) is 18.3. The smallest absolute Gasteiger partial charge is 0.366 e. The van der Waals surface area contributed by atoms with E-state index >= 15 is 0 Å². The van der Waals surface area contributed by atoms with Gasteiger partial charge in [0.15, 0.2) is 10.2 Å². The van der Waals surface area contributed by atoms with E-state index < -0.39 is 7.40 Å². The lowest BCUT2D eigenvalue weighted by atomic mass is 10.1. The molecule has 16 heteroatoms. The van der Waals surface area contributed by atoms with Gasteiger partial charge in [0.25, 0.3) is 0 Å². The van der Waals surface area contributed by atoms with Crippen LogP contribution in [0.15, 0.2) is 172 Å². The maximum atomic E-state index is 9.89. The Balaban J connectivity index is 0.000000283.